The van der Waals surface area contributed by atoms with Gasteiger partial charge in [0.15, 0.2) is 5.41 Å². The highest BCUT2D eigenvalue weighted by atomic mass is 16.6. The molecule has 0 saturated carbocycles. The summed E-state index contributed by atoms with van der Waals surface area (Å²) >= 11 is 0. The second-order valence-electron chi connectivity index (χ2n) is 5.44. The van der Waals surface area contributed by atoms with Crippen LogP contribution in [0.1, 0.15) is 33.4 Å². The van der Waals surface area contributed by atoms with E-state index in [0.29, 0.717) is 5.69 Å². The Kier molecular flexibility index (Phi) is 4.07. The topological polar surface area (TPSA) is 63.0 Å². The molecule has 0 spiro atoms. The van der Waals surface area contributed by atoms with Gasteiger partial charge in [-0.3, -0.25) is 9.78 Å². The molecule has 0 fully saturated rings. The summed E-state index contributed by atoms with van der Waals surface area (Å²) in [6, 6.07) is 7.45. The zero-order valence-corrected chi connectivity index (χ0v) is 11.2. The predicted molar refractivity (Wildman–Crippen MR) is 67.5 cm³/mol. The molecule has 4 heteroatoms. The summed E-state index contributed by atoms with van der Waals surface area (Å²) in [6.45, 7) is 6.92. The number of rotatable bonds is 3. The standard InChI is InChI=1S/C14H18N2O2/c1-13(2,3)18-12(17)14(4,10-15)9-11-7-5-6-8-16-11/h5-8H,9H2,1-4H3/t14-/m1/s1. The number of aromatic nitrogens is 1. The van der Waals surface area contributed by atoms with Crippen molar-refractivity contribution in [2.24, 2.45) is 5.41 Å². The molecule has 0 aliphatic heterocycles. The number of carbonyl (C=O) groups excluding carboxylic acids is 1. The van der Waals surface area contributed by atoms with Crippen molar-refractivity contribution in [2.45, 2.75) is 39.7 Å². The minimum Gasteiger partial charge on any atom is -0.459 e. The molecule has 0 unspecified atom stereocenters. The predicted octanol–water partition coefficient (Wildman–Crippen LogP) is 2.50. The van der Waals surface area contributed by atoms with Gasteiger partial charge in [0, 0.05) is 18.3 Å². The van der Waals surface area contributed by atoms with Gasteiger partial charge in [-0.1, -0.05) is 6.07 Å². The van der Waals surface area contributed by atoms with Crippen molar-refractivity contribution in [3.63, 3.8) is 0 Å². The van der Waals surface area contributed by atoms with E-state index in [9.17, 15) is 10.1 Å². The summed E-state index contributed by atoms with van der Waals surface area (Å²) in [5.41, 5.74) is -1.10. The fraction of sp³-hybridized carbons (Fsp3) is 0.500. The van der Waals surface area contributed by atoms with Gasteiger partial charge < -0.3 is 4.74 Å². The van der Waals surface area contributed by atoms with Gasteiger partial charge >= 0.3 is 5.97 Å². The Morgan fingerprint density at radius 3 is 2.50 bits per heavy atom. The average molecular weight is 246 g/mol. The summed E-state index contributed by atoms with van der Waals surface area (Å²) in [5, 5.41) is 9.24. The fourth-order valence-electron chi connectivity index (χ4n) is 1.41. The van der Waals surface area contributed by atoms with Crippen molar-refractivity contribution in [1.82, 2.24) is 4.98 Å². The number of nitrogens with zero attached hydrogens (tertiary/aromatic N) is 2. The van der Waals surface area contributed by atoms with Gasteiger partial charge in [-0.15, -0.1) is 0 Å². The monoisotopic (exact) mass is 246 g/mol. The Balaban J connectivity index is 2.87. The van der Waals surface area contributed by atoms with Crippen LogP contribution in [0, 0.1) is 16.7 Å². The molecule has 0 aliphatic rings. The third kappa shape index (κ3) is 3.85. The van der Waals surface area contributed by atoms with E-state index in [-0.39, 0.29) is 6.42 Å². The van der Waals surface area contributed by atoms with Gasteiger partial charge in [0.25, 0.3) is 0 Å². The molecule has 0 aromatic carbocycles. The van der Waals surface area contributed by atoms with Crippen LogP contribution in [0.5, 0.6) is 0 Å². The Hall–Kier alpha value is -1.89. The summed E-state index contributed by atoms with van der Waals surface area (Å²) in [6.07, 6.45) is 1.89. The highest BCUT2D eigenvalue weighted by Gasteiger charge is 2.38. The van der Waals surface area contributed by atoms with Gasteiger partial charge in [0.2, 0.25) is 0 Å². The Morgan fingerprint density at radius 2 is 2.06 bits per heavy atom. The van der Waals surface area contributed by atoms with E-state index >= 15 is 0 Å². The molecule has 0 radical (unpaired) electrons. The van der Waals surface area contributed by atoms with Gasteiger partial charge in [-0.2, -0.15) is 5.26 Å². The van der Waals surface area contributed by atoms with Crippen LogP contribution in [-0.2, 0) is 16.0 Å². The summed E-state index contributed by atoms with van der Waals surface area (Å²) in [7, 11) is 0. The van der Waals surface area contributed by atoms with Crippen LogP contribution in [0.2, 0.25) is 0 Å². The van der Waals surface area contributed by atoms with E-state index in [0.717, 1.165) is 0 Å². The molecule has 1 rings (SSSR count). The van der Waals surface area contributed by atoms with Crippen molar-refractivity contribution >= 4 is 5.97 Å². The third-order valence-corrected chi connectivity index (χ3v) is 2.36. The van der Waals surface area contributed by atoms with E-state index in [2.05, 4.69) is 4.98 Å². The van der Waals surface area contributed by atoms with Crippen LogP contribution in [0.15, 0.2) is 24.4 Å². The van der Waals surface area contributed by atoms with Crippen LogP contribution in [0.3, 0.4) is 0 Å². The SMILES string of the molecule is CC(C)(C)OC(=O)[C@@](C)(C#N)Cc1ccccn1. The summed E-state index contributed by atoms with van der Waals surface area (Å²) in [5.74, 6) is -0.511. The number of hydrogen-bond donors (Lipinski definition) is 0. The third-order valence-electron chi connectivity index (χ3n) is 2.36. The molecule has 1 atom stereocenters. The number of esters is 1. The number of carbonyl (C=O) groups is 1. The van der Waals surface area contributed by atoms with Crippen molar-refractivity contribution < 1.29 is 9.53 Å². The van der Waals surface area contributed by atoms with Crippen LogP contribution in [0.4, 0.5) is 0 Å². The lowest BCUT2D eigenvalue weighted by Crippen LogP contribution is -2.36. The first-order valence-electron chi connectivity index (χ1n) is 5.81. The summed E-state index contributed by atoms with van der Waals surface area (Å²) < 4.78 is 5.28. The van der Waals surface area contributed by atoms with Crippen LogP contribution >= 0.6 is 0 Å². The van der Waals surface area contributed by atoms with Gasteiger partial charge in [0.05, 0.1) is 6.07 Å². The lowest BCUT2D eigenvalue weighted by atomic mass is 9.86. The molecule has 1 aromatic heterocycles. The maximum Gasteiger partial charge on any atom is 0.327 e. The molecular weight excluding hydrogens is 228 g/mol. The smallest absolute Gasteiger partial charge is 0.327 e. The number of nitriles is 1. The fourth-order valence-corrected chi connectivity index (χ4v) is 1.41. The number of ether oxygens (including phenoxy) is 1. The van der Waals surface area contributed by atoms with E-state index in [1.165, 1.54) is 0 Å². The molecular formula is C14H18N2O2. The Morgan fingerprint density at radius 1 is 1.39 bits per heavy atom. The normalized spacial score (nSPS) is 14.4. The van der Waals surface area contributed by atoms with Gasteiger partial charge in [-0.05, 0) is 39.8 Å². The lowest BCUT2D eigenvalue weighted by Gasteiger charge is -2.26. The zero-order valence-electron chi connectivity index (χ0n) is 11.2. The minimum atomic E-state index is -1.21. The molecule has 0 bridgehead atoms. The van der Waals surface area contributed by atoms with Crippen molar-refractivity contribution in [3.8, 4) is 6.07 Å². The molecule has 4 nitrogen and oxygen atoms in total. The van der Waals surface area contributed by atoms with Gasteiger partial charge in [0.1, 0.15) is 5.60 Å². The lowest BCUT2D eigenvalue weighted by molar-refractivity contribution is -0.163. The first-order chi connectivity index (χ1) is 8.27. The van der Waals surface area contributed by atoms with Crippen LogP contribution in [-0.4, -0.2) is 16.6 Å². The highest BCUT2D eigenvalue weighted by Crippen LogP contribution is 2.25. The largest absolute Gasteiger partial charge is 0.459 e. The molecule has 0 saturated heterocycles. The second kappa shape index (κ2) is 5.18. The van der Waals surface area contributed by atoms with E-state index in [4.69, 9.17) is 4.74 Å². The van der Waals surface area contributed by atoms with Crippen LogP contribution in [0.25, 0.3) is 0 Å². The maximum atomic E-state index is 12.0. The Labute approximate surface area is 108 Å². The minimum absolute atomic E-state index is 0.249. The van der Waals surface area contributed by atoms with Crippen molar-refractivity contribution in [2.75, 3.05) is 0 Å². The molecule has 1 aromatic rings. The molecule has 1 heterocycles. The van der Waals surface area contributed by atoms with E-state index in [1.807, 2.05) is 12.1 Å². The zero-order chi connectivity index (χ0) is 13.8. The van der Waals surface area contributed by atoms with Crippen molar-refractivity contribution in [3.05, 3.63) is 30.1 Å². The molecule has 0 N–H and O–H groups in total. The van der Waals surface area contributed by atoms with E-state index in [1.54, 1.807) is 46.0 Å². The molecule has 96 valence electrons. The number of hydrogen-bond acceptors (Lipinski definition) is 4. The Bertz CT molecular complexity index is 457. The second-order valence-corrected chi connectivity index (χ2v) is 5.44. The molecule has 0 aliphatic carbocycles. The quantitative estimate of drug-likeness (QED) is 0.769. The molecule has 0 amide bonds. The maximum absolute atomic E-state index is 12.0. The van der Waals surface area contributed by atoms with Crippen LogP contribution < -0.4 is 0 Å². The number of pyridine rings is 1. The van der Waals surface area contributed by atoms with Gasteiger partial charge in [-0.25, -0.2) is 0 Å². The molecule has 18 heavy (non-hydrogen) atoms. The summed E-state index contributed by atoms with van der Waals surface area (Å²) in [4.78, 5) is 16.2. The first-order valence-corrected chi connectivity index (χ1v) is 5.81. The highest BCUT2D eigenvalue weighted by molar-refractivity contribution is 5.80. The van der Waals surface area contributed by atoms with Crippen molar-refractivity contribution in [1.29, 1.82) is 5.26 Å². The first kappa shape index (κ1) is 14.2. The van der Waals surface area contributed by atoms with E-state index < -0.39 is 17.0 Å². The average Bonchev–Trinajstić information content (AvgIpc) is 2.28.